The maximum atomic E-state index is 12.8. The van der Waals surface area contributed by atoms with E-state index in [1.165, 1.54) is 51.4 Å². The Morgan fingerprint density at radius 3 is 1.57 bits per heavy atom. The van der Waals surface area contributed by atoms with E-state index in [9.17, 15) is 14.7 Å². The highest BCUT2D eigenvalue weighted by atomic mass is 35.5. The van der Waals surface area contributed by atoms with Crippen molar-refractivity contribution in [2.45, 2.75) is 114 Å². The molecule has 0 radical (unpaired) electrons. The Labute approximate surface area is 436 Å². The Hall–Kier alpha value is -5.65. The number of carbonyl (C=O) groups is 2. The molecule has 2 saturated carbocycles. The van der Waals surface area contributed by atoms with Gasteiger partial charge in [0.05, 0.1) is 78.7 Å². The van der Waals surface area contributed by atoms with Crippen LogP contribution < -0.4 is 21.1 Å². The predicted molar refractivity (Wildman–Crippen MR) is 281 cm³/mol. The van der Waals surface area contributed by atoms with Crippen LogP contribution in [0.5, 0.6) is 0 Å². The number of carboxylic acid groups (broad SMARTS) is 1. The third-order valence-electron chi connectivity index (χ3n) is 15.5. The standard InChI is InChI=1S/C27H28ClN5O2.C23H21ClN4O2.C4H9NO.ClH/c1-29-23-9-6-18(14-21(23)28)33-26(16-4-2-3-5-16)20-8-10-22-19(25(20)32-33)7-11-24(31-22)27(34)30-17-12-13-35-15-17;1-25-19-9-6-14(12-17(19)24)28-22(13-4-2-3-5-13)16-8-10-18-15(21(16)27-28)7-11-20(26-18)23(29)30;5-4-1-2-6-3-4;/h6-7,9,11,14,16-17,20,26H,2-5,8,10,12-13,15H2,(H,30,34);6-7,9,11-13,16,22H,2-5,8,10H2,(H,29,30);4H,1-3,5H2;1H/t17-,20?,26?;;4-;/m0.0./s1. The van der Waals surface area contributed by atoms with Gasteiger partial charge < -0.3 is 25.6 Å². The van der Waals surface area contributed by atoms with Gasteiger partial charge in [-0.1, -0.05) is 61.0 Å². The van der Waals surface area contributed by atoms with E-state index in [4.69, 9.17) is 66.7 Å². The smallest absolute Gasteiger partial charge is 0.354 e. The summed E-state index contributed by atoms with van der Waals surface area (Å²) in [5, 5.41) is 27.7. The van der Waals surface area contributed by atoms with Crippen molar-refractivity contribution in [3.8, 4) is 0 Å². The Morgan fingerprint density at radius 1 is 0.667 bits per heavy atom. The number of aromatic carboxylic acids is 1. The number of benzene rings is 2. The third kappa shape index (κ3) is 10.6. The van der Waals surface area contributed by atoms with Gasteiger partial charge in [-0.2, -0.15) is 10.2 Å². The molecule has 18 heteroatoms. The molecule has 1 amide bonds. The second-order valence-electron chi connectivity index (χ2n) is 19.9. The summed E-state index contributed by atoms with van der Waals surface area (Å²) in [5.74, 6) is 0.601. The van der Waals surface area contributed by atoms with Gasteiger partial charge in [0.15, 0.2) is 0 Å². The van der Waals surface area contributed by atoms with E-state index in [1.807, 2.05) is 42.5 Å². The molecule has 376 valence electrons. The van der Waals surface area contributed by atoms with Crippen molar-refractivity contribution in [3.63, 3.8) is 0 Å². The van der Waals surface area contributed by atoms with Crippen LogP contribution in [0.1, 0.15) is 121 Å². The fourth-order valence-electron chi connectivity index (χ4n) is 12.0. The van der Waals surface area contributed by atoms with E-state index < -0.39 is 5.97 Å². The highest BCUT2D eigenvalue weighted by Gasteiger charge is 2.47. The number of carbonyl (C=O) groups excluding carboxylic acids is 1. The molecule has 6 heterocycles. The highest BCUT2D eigenvalue weighted by Crippen LogP contribution is 2.47. The first-order chi connectivity index (χ1) is 34.6. The van der Waals surface area contributed by atoms with E-state index in [0.29, 0.717) is 64.1 Å². The van der Waals surface area contributed by atoms with Gasteiger partial charge in [0.25, 0.3) is 5.91 Å². The van der Waals surface area contributed by atoms with Gasteiger partial charge in [-0.15, -0.1) is 12.4 Å². The molecule has 4 fully saturated rings. The van der Waals surface area contributed by atoms with Crippen molar-refractivity contribution in [2.24, 2.45) is 39.6 Å². The minimum absolute atomic E-state index is 0. The van der Waals surface area contributed by atoms with Gasteiger partial charge in [-0.25, -0.2) is 24.5 Å². The molecule has 8 aliphatic rings. The van der Waals surface area contributed by atoms with E-state index in [0.717, 1.165) is 97.1 Å². The monoisotopic (exact) mass is 1030 g/mol. The zero-order chi connectivity index (χ0) is 49.2. The minimum Gasteiger partial charge on any atom is -0.477 e. The number of aromatic nitrogens is 2. The first-order valence-electron chi connectivity index (χ1n) is 25.1. The number of ether oxygens (including phenoxy) is 2. The molecule has 12 rings (SSSR count). The fourth-order valence-corrected chi connectivity index (χ4v) is 12.4. The number of aryl methyl sites for hydroxylation is 2. The van der Waals surface area contributed by atoms with E-state index in [1.54, 1.807) is 18.2 Å². The first-order valence-corrected chi connectivity index (χ1v) is 25.9. The first kappa shape index (κ1) is 51.3. The Balaban J connectivity index is 0.000000159. The molecule has 6 atom stereocenters. The van der Waals surface area contributed by atoms with Crippen LogP contribution in [0.15, 0.2) is 70.9 Å². The summed E-state index contributed by atoms with van der Waals surface area (Å²) in [6.07, 6.45) is 15.2. The average molecular weight is 1030 g/mol. The number of halogens is 3. The summed E-state index contributed by atoms with van der Waals surface area (Å²) in [6.45, 7) is 17.5. The molecule has 2 aromatic heterocycles. The molecule has 2 saturated heterocycles. The van der Waals surface area contributed by atoms with Crippen molar-refractivity contribution >= 4 is 81.7 Å². The molecule has 0 spiro atoms. The Morgan fingerprint density at radius 2 is 1.15 bits per heavy atom. The maximum Gasteiger partial charge on any atom is 0.354 e. The van der Waals surface area contributed by atoms with Gasteiger partial charge in [0.1, 0.15) is 11.4 Å². The van der Waals surface area contributed by atoms with Gasteiger partial charge in [0.2, 0.25) is 11.4 Å². The van der Waals surface area contributed by atoms with Crippen LogP contribution in [-0.4, -0.2) is 89.0 Å². The number of carboxylic acids is 1. The van der Waals surface area contributed by atoms with Crippen LogP contribution in [0.25, 0.3) is 9.69 Å². The topological polar surface area (TPSA) is 177 Å². The summed E-state index contributed by atoms with van der Waals surface area (Å²) >= 11 is 12.8. The molecule has 4 unspecified atom stereocenters. The van der Waals surface area contributed by atoms with Crippen LogP contribution >= 0.6 is 35.6 Å². The van der Waals surface area contributed by atoms with E-state index >= 15 is 0 Å². The molecule has 4 aromatic rings. The molecular formula is C54H59Cl3N10O5. The van der Waals surface area contributed by atoms with Gasteiger partial charge in [0, 0.05) is 52.3 Å². The van der Waals surface area contributed by atoms with Crippen LogP contribution in [0.4, 0.5) is 22.7 Å². The molecule has 4 aliphatic carbocycles. The minimum atomic E-state index is -1.01. The SMILES string of the molecule is Cl.N[C@H]1CCOC1.[C-]#[N+]c1ccc(N2N=C3c4ccc(C(=O)N[C@H]5CCOC5)nc4CCC3C2C2CCCC2)cc1Cl.[C-]#[N+]c1ccc(N2N=C3c4ccc(C(=O)O)nc4CCC3C2C2CCCC2)cc1Cl. The number of fused-ring (bicyclic) bond motifs is 6. The quantitative estimate of drug-likeness (QED) is 0.151. The lowest BCUT2D eigenvalue weighted by Gasteiger charge is -2.34. The number of pyridine rings is 2. The summed E-state index contributed by atoms with van der Waals surface area (Å²) in [7, 11) is 0. The third-order valence-corrected chi connectivity index (χ3v) is 16.1. The van der Waals surface area contributed by atoms with Crippen molar-refractivity contribution in [1.29, 1.82) is 0 Å². The average Bonchev–Trinajstić information content (AvgIpc) is 4.25. The molecule has 2 aromatic carbocycles. The molecule has 72 heavy (non-hydrogen) atoms. The summed E-state index contributed by atoms with van der Waals surface area (Å²) < 4.78 is 10.3. The van der Waals surface area contributed by atoms with Crippen LogP contribution in [0, 0.1) is 36.8 Å². The molecule has 4 aliphatic heterocycles. The largest absolute Gasteiger partial charge is 0.477 e. The van der Waals surface area contributed by atoms with Crippen LogP contribution in [0.2, 0.25) is 10.0 Å². The number of amides is 1. The lowest BCUT2D eigenvalue weighted by molar-refractivity contribution is 0.0689. The normalized spacial score (nSPS) is 24.9. The van der Waals surface area contributed by atoms with Gasteiger partial charge in [-0.05, 0) is 125 Å². The van der Waals surface area contributed by atoms with Gasteiger partial charge >= 0.3 is 5.97 Å². The highest BCUT2D eigenvalue weighted by molar-refractivity contribution is 6.34. The number of anilines is 2. The Bertz CT molecular complexity index is 2830. The zero-order valence-electron chi connectivity index (χ0n) is 40.0. The summed E-state index contributed by atoms with van der Waals surface area (Å²) in [4.78, 5) is 40.2. The second-order valence-corrected chi connectivity index (χ2v) is 20.7. The number of hydrogen-bond acceptors (Lipinski definition) is 11. The lowest BCUT2D eigenvalue weighted by Crippen LogP contribution is -2.41. The number of rotatable bonds is 7. The number of nitrogens with one attached hydrogen (secondary N) is 1. The molecule has 15 nitrogen and oxygen atoms in total. The van der Waals surface area contributed by atoms with Crippen molar-refractivity contribution in [3.05, 3.63) is 127 Å². The van der Waals surface area contributed by atoms with Crippen molar-refractivity contribution in [2.75, 3.05) is 36.4 Å². The van der Waals surface area contributed by atoms with Crippen LogP contribution in [0.3, 0.4) is 0 Å². The number of nitrogens with zero attached hydrogens (tertiary/aromatic N) is 8. The number of hydrogen-bond donors (Lipinski definition) is 3. The van der Waals surface area contributed by atoms with Crippen molar-refractivity contribution in [1.82, 2.24) is 15.3 Å². The summed E-state index contributed by atoms with van der Waals surface area (Å²) in [6, 6.07) is 19.3. The summed E-state index contributed by atoms with van der Waals surface area (Å²) in [5.41, 5.74) is 14.5. The predicted octanol–water partition coefficient (Wildman–Crippen LogP) is 10.6. The van der Waals surface area contributed by atoms with Crippen molar-refractivity contribution < 1.29 is 24.2 Å². The lowest BCUT2D eigenvalue weighted by atomic mass is 9.76. The van der Waals surface area contributed by atoms with Crippen LogP contribution in [-0.2, 0) is 22.3 Å². The Kier molecular flexibility index (Phi) is 16.1. The fraction of sp³-hybridized carbons (Fsp3) is 0.481. The van der Waals surface area contributed by atoms with Gasteiger partial charge in [-0.3, -0.25) is 14.8 Å². The second kappa shape index (κ2) is 22.6. The molecule has 4 N–H and O–H groups in total. The maximum absolute atomic E-state index is 12.8. The van der Waals surface area contributed by atoms with E-state index in [-0.39, 0.29) is 48.1 Å². The molecule has 0 bridgehead atoms. The zero-order valence-corrected chi connectivity index (χ0v) is 42.3. The van der Waals surface area contributed by atoms with E-state index in [2.05, 4.69) is 30.0 Å². The number of hydrazone groups is 2. The molecular weight excluding hydrogens is 975 g/mol. The number of nitrogens with two attached hydrogens (primary N) is 1.